The molecule has 0 bridgehead atoms. The molecule has 0 N–H and O–H groups in total. The van der Waals surface area contributed by atoms with E-state index in [2.05, 4.69) is 39.9 Å². The Balaban J connectivity index is 1.35. The van der Waals surface area contributed by atoms with Gasteiger partial charge in [-0.2, -0.15) is 5.26 Å². The van der Waals surface area contributed by atoms with E-state index in [1.165, 1.54) is 5.69 Å². The van der Waals surface area contributed by atoms with Gasteiger partial charge >= 0.3 is 0 Å². The summed E-state index contributed by atoms with van der Waals surface area (Å²) in [7, 11) is 0. The normalized spacial score (nSPS) is 20.8. The summed E-state index contributed by atoms with van der Waals surface area (Å²) in [4.78, 5) is 21.9. The van der Waals surface area contributed by atoms with E-state index in [4.69, 9.17) is 0 Å². The molecule has 1 atom stereocenters. The molecule has 2 saturated heterocycles. The molecule has 4 rings (SSSR count). The van der Waals surface area contributed by atoms with Gasteiger partial charge in [-0.05, 0) is 75.4 Å². The number of pyridine rings is 1. The number of hydrogen-bond acceptors (Lipinski definition) is 5. The van der Waals surface area contributed by atoms with Crippen molar-refractivity contribution in [3.8, 4) is 6.07 Å². The Bertz CT molecular complexity index is 911. The van der Waals surface area contributed by atoms with Crippen molar-refractivity contribution in [1.82, 2.24) is 9.88 Å². The summed E-state index contributed by atoms with van der Waals surface area (Å²) in [6.07, 6.45) is 7.96. The highest BCUT2D eigenvalue weighted by atomic mass is 16.1. The number of likely N-dealkylation sites (N-methyl/N-ethyl adjacent to an activating group) is 1. The summed E-state index contributed by atoms with van der Waals surface area (Å²) in [6, 6.07) is 10.4. The molecule has 152 valence electrons. The minimum Gasteiger partial charge on any atom is -0.371 e. The number of benzene rings is 1. The summed E-state index contributed by atoms with van der Waals surface area (Å²) < 4.78 is 0. The molecule has 1 aromatic carbocycles. The van der Waals surface area contributed by atoms with Crippen molar-refractivity contribution >= 4 is 22.4 Å². The summed E-state index contributed by atoms with van der Waals surface area (Å²) in [5, 5.41) is 10.4. The van der Waals surface area contributed by atoms with Crippen LogP contribution in [0.3, 0.4) is 0 Å². The smallest absolute Gasteiger partial charge is 0.149 e. The van der Waals surface area contributed by atoms with Crippen molar-refractivity contribution in [2.24, 2.45) is 5.92 Å². The predicted octanol–water partition coefficient (Wildman–Crippen LogP) is 4.16. The first kappa shape index (κ1) is 19.8. The molecule has 5 nitrogen and oxygen atoms in total. The molecule has 0 saturated carbocycles. The van der Waals surface area contributed by atoms with Gasteiger partial charge in [0.1, 0.15) is 11.9 Å². The number of ketones is 1. The topological polar surface area (TPSA) is 60.2 Å². The average Bonchev–Trinajstić information content (AvgIpc) is 3.26. The molecule has 2 aliphatic heterocycles. The van der Waals surface area contributed by atoms with Gasteiger partial charge in [0, 0.05) is 36.8 Å². The summed E-state index contributed by atoms with van der Waals surface area (Å²) in [5.41, 5.74) is 2.59. The molecule has 2 fully saturated rings. The molecule has 3 heterocycles. The summed E-state index contributed by atoms with van der Waals surface area (Å²) in [5.74, 6) is 1.09. The highest BCUT2D eigenvalue weighted by Crippen LogP contribution is 2.32. The zero-order chi connectivity index (χ0) is 20.2. The Morgan fingerprint density at radius 3 is 2.79 bits per heavy atom. The minimum absolute atomic E-state index is 0.178. The number of anilines is 1. The van der Waals surface area contributed by atoms with Crippen molar-refractivity contribution in [2.45, 2.75) is 51.5 Å². The van der Waals surface area contributed by atoms with Crippen LogP contribution in [0.1, 0.15) is 51.0 Å². The average molecular weight is 391 g/mol. The van der Waals surface area contributed by atoms with E-state index in [9.17, 15) is 10.1 Å². The zero-order valence-corrected chi connectivity index (χ0v) is 17.3. The van der Waals surface area contributed by atoms with Crippen molar-refractivity contribution in [2.75, 3.05) is 31.1 Å². The number of nitrogens with zero attached hydrogens (tertiary/aromatic N) is 4. The van der Waals surface area contributed by atoms with Gasteiger partial charge in [0.2, 0.25) is 0 Å². The third-order valence-electron chi connectivity index (χ3n) is 6.76. The number of piperidine rings is 1. The van der Waals surface area contributed by atoms with E-state index in [0.29, 0.717) is 17.3 Å². The largest absolute Gasteiger partial charge is 0.371 e. The van der Waals surface area contributed by atoms with Gasteiger partial charge in [0.15, 0.2) is 0 Å². The lowest BCUT2D eigenvalue weighted by molar-refractivity contribution is -0.123. The zero-order valence-electron chi connectivity index (χ0n) is 17.3. The molecule has 0 amide bonds. The Morgan fingerprint density at radius 1 is 1.21 bits per heavy atom. The molecule has 0 aliphatic carbocycles. The highest BCUT2D eigenvalue weighted by Gasteiger charge is 2.30. The lowest BCUT2D eigenvalue weighted by Crippen LogP contribution is -2.37. The van der Waals surface area contributed by atoms with Crippen LogP contribution in [0.2, 0.25) is 0 Å². The maximum absolute atomic E-state index is 12.7. The number of nitriles is 1. The standard InChI is InChI=1S/C24H30N4O/c1-2-27-14-4-6-22(27)23(29)10-7-18-11-15-28(16-12-18)21-9-8-19(17-25)24-20(21)5-3-13-26-24/h3,5,8-9,13,18,22H,2,4,6-7,10-12,14-16H2,1H3/t22-/m0/s1. The monoisotopic (exact) mass is 390 g/mol. The van der Waals surface area contributed by atoms with E-state index < -0.39 is 0 Å². The number of fused-ring (bicyclic) bond motifs is 1. The summed E-state index contributed by atoms with van der Waals surface area (Å²) in [6.45, 7) is 6.23. The Hall–Kier alpha value is -2.45. The predicted molar refractivity (Wildman–Crippen MR) is 116 cm³/mol. The van der Waals surface area contributed by atoms with E-state index in [1.807, 2.05) is 12.1 Å². The molecule has 0 unspecified atom stereocenters. The molecule has 0 radical (unpaired) electrons. The van der Waals surface area contributed by atoms with Crippen LogP contribution in [-0.4, -0.2) is 47.9 Å². The fourth-order valence-electron chi connectivity index (χ4n) is 5.07. The van der Waals surface area contributed by atoms with E-state index in [-0.39, 0.29) is 6.04 Å². The fraction of sp³-hybridized carbons (Fsp3) is 0.542. The molecule has 2 aliphatic rings. The summed E-state index contributed by atoms with van der Waals surface area (Å²) >= 11 is 0. The molecular formula is C24H30N4O. The van der Waals surface area contributed by atoms with Crippen LogP contribution in [0.4, 0.5) is 5.69 Å². The number of rotatable bonds is 6. The number of aromatic nitrogens is 1. The van der Waals surface area contributed by atoms with Crippen LogP contribution in [0.25, 0.3) is 10.9 Å². The molecule has 2 aromatic rings. The third kappa shape index (κ3) is 4.13. The first-order valence-corrected chi connectivity index (χ1v) is 11.0. The van der Waals surface area contributed by atoms with Gasteiger partial charge in [-0.3, -0.25) is 14.7 Å². The van der Waals surface area contributed by atoms with E-state index >= 15 is 0 Å². The second-order valence-corrected chi connectivity index (χ2v) is 8.37. The van der Waals surface area contributed by atoms with Crippen LogP contribution < -0.4 is 4.90 Å². The van der Waals surface area contributed by atoms with Gasteiger partial charge in [0.05, 0.1) is 17.1 Å². The number of carbonyl (C=O) groups excluding carboxylic acids is 1. The van der Waals surface area contributed by atoms with E-state index in [1.54, 1.807) is 6.20 Å². The van der Waals surface area contributed by atoms with Crippen LogP contribution in [0.15, 0.2) is 30.5 Å². The van der Waals surface area contributed by atoms with Crippen LogP contribution in [-0.2, 0) is 4.79 Å². The molecule has 1 aromatic heterocycles. The highest BCUT2D eigenvalue weighted by molar-refractivity contribution is 5.95. The minimum atomic E-state index is 0.178. The third-order valence-corrected chi connectivity index (χ3v) is 6.76. The van der Waals surface area contributed by atoms with Crippen LogP contribution in [0.5, 0.6) is 0 Å². The molecule has 0 spiro atoms. The van der Waals surface area contributed by atoms with E-state index in [0.717, 1.165) is 75.6 Å². The van der Waals surface area contributed by atoms with Gasteiger partial charge in [0.25, 0.3) is 0 Å². The number of carbonyl (C=O) groups is 1. The van der Waals surface area contributed by atoms with Crippen molar-refractivity contribution in [3.63, 3.8) is 0 Å². The second kappa shape index (κ2) is 8.92. The quantitative estimate of drug-likeness (QED) is 0.741. The second-order valence-electron chi connectivity index (χ2n) is 8.37. The maximum Gasteiger partial charge on any atom is 0.149 e. The number of hydrogen-bond donors (Lipinski definition) is 0. The molecule has 29 heavy (non-hydrogen) atoms. The Morgan fingerprint density at radius 2 is 2.03 bits per heavy atom. The Kier molecular flexibility index (Phi) is 6.10. The van der Waals surface area contributed by atoms with Gasteiger partial charge in [-0.25, -0.2) is 0 Å². The van der Waals surface area contributed by atoms with Crippen molar-refractivity contribution in [1.29, 1.82) is 5.26 Å². The molecule has 5 heteroatoms. The van der Waals surface area contributed by atoms with Gasteiger partial charge < -0.3 is 4.90 Å². The lowest BCUT2D eigenvalue weighted by Gasteiger charge is -2.34. The number of likely N-dealkylation sites (tertiary alicyclic amines) is 1. The Labute approximate surface area is 173 Å². The van der Waals surface area contributed by atoms with Gasteiger partial charge in [-0.1, -0.05) is 6.92 Å². The van der Waals surface area contributed by atoms with Crippen LogP contribution >= 0.6 is 0 Å². The number of Topliss-reactive ketones (excluding diaryl/α,β-unsaturated/α-hetero) is 1. The van der Waals surface area contributed by atoms with Crippen LogP contribution in [0, 0.1) is 17.2 Å². The lowest BCUT2D eigenvalue weighted by atomic mass is 9.89. The molecular weight excluding hydrogens is 360 g/mol. The van der Waals surface area contributed by atoms with Crippen molar-refractivity contribution < 1.29 is 4.79 Å². The maximum atomic E-state index is 12.7. The fourth-order valence-corrected chi connectivity index (χ4v) is 5.07. The first-order chi connectivity index (χ1) is 14.2. The SMILES string of the molecule is CCN1CCC[C@H]1C(=O)CCC1CCN(c2ccc(C#N)c3ncccc23)CC1. The first-order valence-electron chi connectivity index (χ1n) is 11.0. The van der Waals surface area contributed by atoms with Gasteiger partial charge in [-0.15, -0.1) is 0 Å². The van der Waals surface area contributed by atoms with Crippen molar-refractivity contribution in [3.05, 3.63) is 36.0 Å².